The number of carbonyl (C=O) groups is 1. The Labute approximate surface area is 231 Å². The minimum absolute atomic E-state index is 0.000176. The van der Waals surface area contributed by atoms with E-state index < -0.39 is 0 Å². The number of allylic oxidation sites excluding steroid dienone is 1. The molecular weight excluding hydrogens is 492 g/mol. The lowest BCUT2D eigenvalue weighted by molar-refractivity contribution is -0.114. The van der Waals surface area contributed by atoms with E-state index in [1.807, 2.05) is 12.1 Å². The fraction of sp³-hybridized carbons (Fsp3) is 0.517. The molecule has 0 unspecified atom stereocenters. The highest BCUT2D eigenvalue weighted by Crippen LogP contribution is 2.35. The molecule has 1 saturated heterocycles. The maximum Gasteiger partial charge on any atom is 0.222 e. The molecule has 10 heteroatoms. The van der Waals surface area contributed by atoms with Crippen LogP contribution in [0.4, 0.5) is 11.6 Å². The number of aromatic nitrogens is 3. The average Bonchev–Trinajstić information content (AvgIpc) is 3.23. The number of aryl methyl sites for hydroxylation is 1. The monoisotopic (exact) mass is 536 g/mol. The second kappa shape index (κ2) is 13.8. The number of amides is 1. The number of anilines is 2. The molecule has 1 aliphatic heterocycles. The predicted octanol–water partition coefficient (Wildman–Crippen LogP) is 4.66. The van der Waals surface area contributed by atoms with E-state index in [0.29, 0.717) is 34.8 Å². The molecule has 2 aliphatic rings. The molecular formula is C29H44N8O2. The van der Waals surface area contributed by atoms with Crippen LogP contribution < -0.4 is 21.3 Å². The van der Waals surface area contributed by atoms with Crippen LogP contribution in [0.3, 0.4) is 0 Å². The second-order valence-electron chi connectivity index (χ2n) is 10.3. The molecule has 0 radical (unpaired) electrons. The zero-order valence-electron chi connectivity index (χ0n) is 23.8. The van der Waals surface area contributed by atoms with Crippen molar-refractivity contribution >= 4 is 23.5 Å². The van der Waals surface area contributed by atoms with Gasteiger partial charge in [0.25, 0.3) is 0 Å². The van der Waals surface area contributed by atoms with Crippen molar-refractivity contribution < 1.29 is 9.53 Å². The Bertz CT molecular complexity index is 1250. The van der Waals surface area contributed by atoms with Gasteiger partial charge in [-0.2, -0.15) is 5.10 Å². The van der Waals surface area contributed by atoms with Gasteiger partial charge in [-0.15, -0.1) is 0 Å². The zero-order chi connectivity index (χ0) is 28.5. The molecule has 2 aromatic heterocycles. The van der Waals surface area contributed by atoms with Crippen molar-refractivity contribution in [2.75, 3.05) is 24.1 Å². The smallest absolute Gasteiger partial charge is 0.222 e. The summed E-state index contributed by atoms with van der Waals surface area (Å²) >= 11 is 0. The van der Waals surface area contributed by atoms with Crippen molar-refractivity contribution in [2.24, 2.45) is 13.0 Å². The van der Waals surface area contributed by atoms with Crippen molar-refractivity contribution in [3.63, 3.8) is 0 Å². The average molecular weight is 537 g/mol. The Morgan fingerprint density at radius 1 is 1.28 bits per heavy atom. The number of pyridine rings is 1. The molecule has 3 heterocycles. The summed E-state index contributed by atoms with van der Waals surface area (Å²) < 4.78 is 9.48. The molecule has 10 nitrogen and oxygen atoms in total. The molecule has 39 heavy (non-hydrogen) atoms. The standard InChI is InChI=1S/C23H34N4O.C6H10N4O/c1-4-9-18-10-12-21(20(5-2)17(18)3)28-19-11-13-22(24)27(16-19)23(25)26-14-7-6-8-15-26;1-4(11)8-6-3-5(7)9-10(6)2/h5,11,13,16,18,21,24-25H,2,4,6-10,12,14-15H2,1,3H3;3H,1-2H3,(H2,7,9)(H,8,11)/t18-,21+;/m0./s1. The maximum atomic E-state index is 10.6. The van der Waals surface area contributed by atoms with Crippen LogP contribution in [0.1, 0.15) is 65.7 Å². The van der Waals surface area contributed by atoms with Crippen molar-refractivity contribution in [1.29, 1.82) is 10.8 Å². The molecule has 2 aromatic rings. The molecule has 4 rings (SSSR count). The predicted molar refractivity (Wildman–Crippen MR) is 156 cm³/mol. The number of nitrogens with one attached hydrogen (secondary N) is 3. The van der Waals surface area contributed by atoms with Gasteiger partial charge in [-0.25, -0.2) is 0 Å². The first-order valence-corrected chi connectivity index (χ1v) is 13.8. The summed E-state index contributed by atoms with van der Waals surface area (Å²) in [5.74, 6) is 2.59. The lowest BCUT2D eigenvalue weighted by Crippen LogP contribution is -2.43. The third kappa shape index (κ3) is 7.84. The van der Waals surface area contributed by atoms with Crippen LogP contribution in [-0.2, 0) is 11.8 Å². The molecule has 0 aromatic carbocycles. The van der Waals surface area contributed by atoms with Crippen LogP contribution in [0, 0.1) is 16.7 Å². The fourth-order valence-corrected chi connectivity index (χ4v) is 5.27. The van der Waals surface area contributed by atoms with E-state index in [0.717, 1.165) is 38.8 Å². The largest absolute Gasteiger partial charge is 0.484 e. The molecule has 5 N–H and O–H groups in total. The topological polar surface area (TPSA) is 138 Å². The van der Waals surface area contributed by atoms with Gasteiger partial charge in [-0.3, -0.25) is 24.9 Å². The van der Waals surface area contributed by atoms with Gasteiger partial charge in [0.05, 0.1) is 6.20 Å². The van der Waals surface area contributed by atoms with Crippen LogP contribution in [-0.4, -0.2) is 50.3 Å². The number of likely N-dealkylation sites (tertiary alicyclic amines) is 1. The zero-order valence-corrected chi connectivity index (χ0v) is 23.8. The van der Waals surface area contributed by atoms with Crippen molar-refractivity contribution in [3.8, 4) is 5.75 Å². The summed E-state index contributed by atoms with van der Waals surface area (Å²) in [6.45, 7) is 11.7. The Morgan fingerprint density at radius 3 is 2.59 bits per heavy atom. The highest BCUT2D eigenvalue weighted by molar-refractivity contribution is 5.88. The first-order chi connectivity index (χ1) is 18.6. The molecule has 0 bridgehead atoms. The molecule has 2 atom stereocenters. The van der Waals surface area contributed by atoms with Gasteiger partial charge in [0.2, 0.25) is 11.9 Å². The molecule has 1 amide bonds. The Balaban J connectivity index is 0.000000320. The summed E-state index contributed by atoms with van der Waals surface area (Å²) in [6, 6.07) is 5.17. The number of nitrogens with zero attached hydrogens (tertiary/aromatic N) is 4. The molecule has 212 valence electrons. The highest BCUT2D eigenvalue weighted by atomic mass is 16.5. The van der Waals surface area contributed by atoms with Gasteiger partial charge in [-0.05, 0) is 69.1 Å². The van der Waals surface area contributed by atoms with Crippen molar-refractivity contribution in [1.82, 2.24) is 19.2 Å². The summed E-state index contributed by atoms with van der Waals surface area (Å²) in [4.78, 5) is 12.6. The molecule has 1 aliphatic carbocycles. The third-order valence-corrected chi connectivity index (χ3v) is 7.34. The molecule has 0 spiro atoms. The van der Waals surface area contributed by atoms with Crippen molar-refractivity contribution in [3.05, 3.63) is 53.7 Å². The van der Waals surface area contributed by atoms with E-state index in [9.17, 15) is 4.79 Å². The van der Waals surface area contributed by atoms with Crippen LogP contribution >= 0.6 is 0 Å². The van der Waals surface area contributed by atoms with Gasteiger partial charge in [0.15, 0.2) is 0 Å². The lowest BCUT2D eigenvalue weighted by Gasteiger charge is -2.32. The highest BCUT2D eigenvalue weighted by Gasteiger charge is 2.27. The van der Waals surface area contributed by atoms with Crippen LogP contribution in [0.2, 0.25) is 0 Å². The van der Waals surface area contributed by atoms with Crippen molar-refractivity contribution in [2.45, 2.75) is 71.8 Å². The van der Waals surface area contributed by atoms with Crippen LogP contribution in [0.25, 0.3) is 0 Å². The summed E-state index contributed by atoms with van der Waals surface area (Å²) in [7, 11) is 1.71. The SMILES string of the molecule is C=CC1=C(C)[C@@H](CCC)CC[C@H]1Oc1ccc(=N)n(C(=N)N2CCCCC2)c1.CC(=O)Nc1cc(N)nn1C. The number of nitrogens with two attached hydrogens (primary N) is 1. The first kappa shape index (κ1) is 29.7. The van der Waals surface area contributed by atoms with E-state index >= 15 is 0 Å². The lowest BCUT2D eigenvalue weighted by atomic mass is 9.79. The van der Waals surface area contributed by atoms with E-state index in [2.05, 4.69) is 35.7 Å². The Hall–Kier alpha value is -3.82. The number of hydrogen-bond acceptors (Lipinski definition) is 6. The Morgan fingerprint density at radius 2 is 2.00 bits per heavy atom. The summed E-state index contributed by atoms with van der Waals surface area (Å²) in [5.41, 5.74) is 8.29. The third-order valence-electron chi connectivity index (χ3n) is 7.34. The van der Waals surface area contributed by atoms with E-state index in [1.54, 1.807) is 29.9 Å². The molecule has 1 fully saturated rings. The van der Waals surface area contributed by atoms with Gasteiger partial charge in [0, 0.05) is 33.1 Å². The number of rotatable bonds is 6. The molecule has 0 saturated carbocycles. The van der Waals surface area contributed by atoms with E-state index in [1.165, 1.54) is 42.0 Å². The Kier molecular flexibility index (Phi) is 10.5. The minimum Gasteiger partial charge on any atom is -0.484 e. The summed E-state index contributed by atoms with van der Waals surface area (Å²) in [5, 5.41) is 23.2. The normalized spacial score (nSPS) is 19.1. The van der Waals surface area contributed by atoms with Gasteiger partial charge in [-0.1, -0.05) is 31.6 Å². The number of hydrogen-bond donors (Lipinski definition) is 4. The number of piperidine rings is 1. The van der Waals surface area contributed by atoms with Gasteiger partial charge < -0.3 is 20.7 Å². The maximum absolute atomic E-state index is 10.6. The number of carbonyl (C=O) groups excluding carboxylic acids is 1. The fourth-order valence-electron chi connectivity index (χ4n) is 5.27. The van der Waals surface area contributed by atoms with E-state index in [4.69, 9.17) is 21.3 Å². The first-order valence-electron chi connectivity index (χ1n) is 13.8. The van der Waals surface area contributed by atoms with Gasteiger partial charge in [0.1, 0.15) is 29.0 Å². The minimum atomic E-state index is -0.131. The quantitative estimate of drug-likeness (QED) is 0.314. The second-order valence-corrected chi connectivity index (χ2v) is 10.3. The number of nitrogen functional groups attached to an aromatic ring is 1. The number of ether oxygens (including phenoxy) is 1. The van der Waals surface area contributed by atoms with Crippen LogP contribution in [0.5, 0.6) is 5.75 Å². The van der Waals surface area contributed by atoms with Crippen LogP contribution in [0.15, 0.2) is 48.2 Å². The summed E-state index contributed by atoms with van der Waals surface area (Å²) in [6.07, 6.45) is 11.7. The van der Waals surface area contributed by atoms with Gasteiger partial charge >= 0.3 is 0 Å². The van der Waals surface area contributed by atoms with E-state index in [-0.39, 0.29) is 12.0 Å².